The summed E-state index contributed by atoms with van der Waals surface area (Å²) in [6.07, 6.45) is 0.494. The molecule has 126 valence electrons. The second kappa shape index (κ2) is 7.35. The highest BCUT2D eigenvalue weighted by atomic mass is 16.5. The van der Waals surface area contributed by atoms with Gasteiger partial charge in [0, 0.05) is 6.54 Å². The standard InChI is InChI=1S/C17H23NO5/c1-11(2)15(23-13-8-6-12(22-3)7-9-13)16(19)18-10-4-5-14(18)17(20)21/h6-9,11,14-15H,4-5,10H2,1-3H3,(H,20,21). The van der Waals surface area contributed by atoms with Gasteiger partial charge in [-0.15, -0.1) is 0 Å². The smallest absolute Gasteiger partial charge is 0.326 e. The van der Waals surface area contributed by atoms with Crippen LogP contribution in [0.1, 0.15) is 26.7 Å². The second-order valence-corrected chi connectivity index (χ2v) is 5.99. The molecule has 0 bridgehead atoms. The normalized spacial score (nSPS) is 18.8. The zero-order valence-corrected chi connectivity index (χ0v) is 13.7. The van der Waals surface area contributed by atoms with Crippen molar-refractivity contribution in [3.63, 3.8) is 0 Å². The minimum absolute atomic E-state index is 0.0698. The maximum Gasteiger partial charge on any atom is 0.326 e. The molecule has 1 fully saturated rings. The minimum Gasteiger partial charge on any atom is -0.497 e. The van der Waals surface area contributed by atoms with Crippen LogP contribution < -0.4 is 9.47 Å². The van der Waals surface area contributed by atoms with Gasteiger partial charge in [0.15, 0.2) is 6.10 Å². The molecule has 0 radical (unpaired) electrons. The van der Waals surface area contributed by atoms with Gasteiger partial charge >= 0.3 is 5.97 Å². The maximum atomic E-state index is 12.7. The molecule has 0 aliphatic carbocycles. The number of carboxylic acids is 1. The zero-order valence-electron chi connectivity index (χ0n) is 13.7. The maximum absolute atomic E-state index is 12.7. The van der Waals surface area contributed by atoms with E-state index in [1.165, 1.54) is 4.90 Å². The van der Waals surface area contributed by atoms with E-state index in [9.17, 15) is 14.7 Å². The molecule has 0 aromatic heterocycles. The lowest BCUT2D eigenvalue weighted by atomic mass is 10.1. The first-order chi connectivity index (χ1) is 10.9. The number of ether oxygens (including phenoxy) is 2. The third-order valence-electron chi connectivity index (χ3n) is 3.99. The number of hydrogen-bond acceptors (Lipinski definition) is 4. The Morgan fingerprint density at radius 3 is 2.35 bits per heavy atom. The number of amides is 1. The topological polar surface area (TPSA) is 76.1 Å². The molecule has 2 unspecified atom stereocenters. The molecule has 2 rings (SSSR count). The van der Waals surface area contributed by atoms with Crippen molar-refractivity contribution in [1.82, 2.24) is 4.90 Å². The molecule has 1 aliphatic rings. The van der Waals surface area contributed by atoms with Gasteiger partial charge in [-0.3, -0.25) is 4.79 Å². The van der Waals surface area contributed by atoms with Crippen LogP contribution in [-0.2, 0) is 9.59 Å². The van der Waals surface area contributed by atoms with Crippen molar-refractivity contribution >= 4 is 11.9 Å². The Morgan fingerprint density at radius 1 is 1.22 bits per heavy atom. The molecule has 1 saturated heterocycles. The van der Waals surface area contributed by atoms with Crippen LogP contribution in [0.4, 0.5) is 0 Å². The molecule has 1 amide bonds. The van der Waals surface area contributed by atoms with E-state index in [4.69, 9.17) is 9.47 Å². The lowest BCUT2D eigenvalue weighted by molar-refractivity contribution is -0.152. The van der Waals surface area contributed by atoms with E-state index >= 15 is 0 Å². The van der Waals surface area contributed by atoms with Gasteiger partial charge in [0.25, 0.3) is 5.91 Å². The second-order valence-electron chi connectivity index (χ2n) is 5.99. The van der Waals surface area contributed by atoms with Crippen LogP contribution in [0.25, 0.3) is 0 Å². The molecule has 6 heteroatoms. The Hall–Kier alpha value is -2.24. The van der Waals surface area contributed by atoms with Crippen molar-refractivity contribution in [2.24, 2.45) is 5.92 Å². The number of carbonyl (C=O) groups excluding carboxylic acids is 1. The lowest BCUT2D eigenvalue weighted by Crippen LogP contribution is -2.49. The number of hydrogen-bond donors (Lipinski definition) is 1. The molecule has 6 nitrogen and oxygen atoms in total. The quantitative estimate of drug-likeness (QED) is 0.869. The predicted molar refractivity (Wildman–Crippen MR) is 84.6 cm³/mol. The highest BCUT2D eigenvalue weighted by Crippen LogP contribution is 2.24. The van der Waals surface area contributed by atoms with Gasteiger partial charge < -0.3 is 19.5 Å². The molecule has 1 heterocycles. The highest BCUT2D eigenvalue weighted by Gasteiger charge is 2.39. The molecular weight excluding hydrogens is 298 g/mol. The van der Waals surface area contributed by atoms with Crippen LogP contribution in [0.2, 0.25) is 0 Å². The summed E-state index contributed by atoms with van der Waals surface area (Å²) in [5.41, 5.74) is 0. The summed E-state index contributed by atoms with van der Waals surface area (Å²) in [5.74, 6) is -0.0256. The van der Waals surface area contributed by atoms with E-state index in [1.807, 2.05) is 13.8 Å². The Bertz CT molecular complexity index is 555. The van der Waals surface area contributed by atoms with Crippen LogP contribution in [-0.4, -0.2) is 47.7 Å². The molecule has 0 saturated carbocycles. The summed E-state index contributed by atoms with van der Waals surface area (Å²) in [6, 6.07) is 6.24. The first kappa shape index (κ1) is 17.1. The average molecular weight is 321 g/mol. The van der Waals surface area contributed by atoms with Gasteiger partial charge in [-0.1, -0.05) is 13.8 Å². The summed E-state index contributed by atoms with van der Waals surface area (Å²) in [5, 5.41) is 9.25. The number of nitrogens with zero attached hydrogens (tertiary/aromatic N) is 1. The van der Waals surface area contributed by atoms with Gasteiger partial charge in [-0.25, -0.2) is 4.79 Å². The number of likely N-dealkylation sites (tertiary alicyclic amines) is 1. The van der Waals surface area contributed by atoms with E-state index < -0.39 is 18.1 Å². The van der Waals surface area contributed by atoms with Crippen molar-refractivity contribution < 1.29 is 24.2 Å². The Labute approximate surface area is 136 Å². The number of rotatable bonds is 6. The average Bonchev–Trinajstić information content (AvgIpc) is 3.02. The highest BCUT2D eigenvalue weighted by molar-refractivity contribution is 5.87. The largest absolute Gasteiger partial charge is 0.497 e. The third-order valence-corrected chi connectivity index (χ3v) is 3.99. The van der Waals surface area contributed by atoms with Crippen LogP contribution in [0, 0.1) is 5.92 Å². The van der Waals surface area contributed by atoms with Crippen LogP contribution in [0.5, 0.6) is 11.5 Å². The molecule has 1 N–H and O–H groups in total. The monoisotopic (exact) mass is 321 g/mol. The molecular formula is C17H23NO5. The van der Waals surface area contributed by atoms with Gasteiger partial charge in [0.1, 0.15) is 17.5 Å². The fraction of sp³-hybridized carbons (Fsp3) is 0.529. The fourth-order valence-electron chi connectivity index (χ4n) is 2.72. The van der Waals surface area contributed by atoms with Crippen molar-refractivity contribution in [3.8, 4) is 11.5 Å². The molecule has 1 aromatic carbocycles. The number of benzene rings is 1. The number of methoxy groups -OCH3 is 1. The number of carbonyl (C=O) groups is 2. The van der Waals surface area contributed by atoms with Crippen LogP contribution in [0.3, 0.4) is 0 Å². The van der Waals surface area contributed by atoms with Gasteiger partial charge in [0.05, 0.1) is 7.11 Å². The van der Waals surface area contributed by atoms with Crippen LogP contribution >= 0.6 is 0 Å². The summed E-state index contributed by atoms with van der Waals surface area (Å²) in [7, 11) is 1.58. The Balaban J connectivity index is 2.13. The number of carboxylic acid groups (broad SMARTS) is 1. The van der Waals surface area contributed by atoms with Crippen molar-refractivity contribution in [3.05, 3.63) is 24.3 Å². The summed E-state index contributed by atoms with van der Waals surface area (Å²) in [6.45, 7) is 4.24. The van der Waals surface area contributed by atoms with Crippen molar-refractivity contribution in [1.29, 1.82) is 0 Å². The van der Waals surface area contributed by atoms with E-state index in [1.54, 1.807) is 31.4 Å². The zero-order chi connectivity index (χ0) is 17.0. The summed E-state index contributed by atoms with van der Waals surface area (Å²) < 4.78 is 10.9. The van der Waals surface area contributed by atoms with Gasteiger partial charge in [0.2, 0.25) is 0 Å². The first-order valence-electron chi connectivity index (χ1n) is 7.78. The van der Waals surface area contributed by atoms with E-state index in [-0.39, 0.29) is 11.8 Å². The number of aliphatic carboxylic acids is 1. The predicted octanol–water partition coefficient (Wildman–Crippen LogP) is 2.17. The lowest BCUT2D eigenvalue weighted by Gasteiger charge is -2.29. The Morgan fingerprint density at radius 2 is 1.83 bits per heavy atom. The SMILES string of the molecule is COc1ccc(OC(C(=O)N2CCCC2C(=O)O)C(C)C)cc1. The van der Waals surface area contributed by atoms with E-state index in [2.05, 4.69) is 0 Å². The molecule has 1 aromatic rings. The molecule has 0 spiro atoms. The van der Waals surface area contributed by atoms with Crippen molar-refractivity contribution in [2.45, 2.75) is 38.8 Å². The van der Waals surface area contributed by atoms with Gasteiger partial charge in [-0.2, -0.15) is 0 Å². The van der Waals surface area contributed by atoms with Gasteiger partial charge in [-0.05, 0) is 43.0 Å². The van der Waals surface area contributed by atoms with Crippen molar-refractivity contribution in [2.75, 3.05) is 13.7 Å². The Kier molecular flexibility index (Phi) is 5.47. The first-order valence-corrected chi connectivity index (χ1v) is 7.78. The molecule has 1 aliphatic heterocycles. The summed E-state index contributed by atoms with van der Waals surface area (Å²) >= 11 is 0. The minimum atomic E-state index is -0.956. The van der Waals surface area contributed by atoms with E-state index in [0.717, 1.165) is 0 Å². The van der Waals surface area contributed by atoms with Crippen LogP contribution in [0.15, 0.2) is 24.3 Å². The fourth-order valence-corrected chi connectivity index (χ4v) is 2.72. The molecule has 23 heavy (non-hydrogen) atoms. The molecule has 2 atom stereocenters. The summed E-state index contributed by atoms with van der Waals surface area (Å²) in [4.78, 5) is 25.5. The van der Waals surface area contributed by atoms with E-state index in [0.29, 0.717) is 30.9 Å². The third kappa shape index (κ3) is 3.94.